The molecule has 17 nitrogen and oxygen atoms in total. The first-order valence-electron chi connectivity index (χ1n) is 39.9. The molecule has 0 bridgehead atoms. The van der Waals surface area contributed by atoms with E-state index >= 15 is 0 Å². The molecule has 570 valence electrons. The van der Waals surface area contributed by atoms with Crippen molar-refractivity contribution in [3.63, 3.8) is 0 Å². The topological polar surface area (TPSA) is 237 Å². The average Bonchev–Trinajstić information content (AvgIpc) is 2.03. The highest BCUT2D eigenvalue weighted by Crippen LogP contribution is 2.45. The van der Waals surface area contributed by atoms with Crippen molar-refractivity contribution in [2.45, 2.75) is 414 Å². The van der Waals surface area contributed by atoms with E-state index in [1.54, 1.807) is 0 Å². The van der Waals surface area contributed by atoms with Gasteiger partial charge in [-0.1, -0.05) is 344 Å². The third-order valence-electron chi connectivity index (χ3n) is 18.2. The van der Waals surface area contributed by atoms with Crippen molar-refractivity contribution in [2.75, 3.05) is 39.6 Å². The molecule has 3 N–H and O–H groups in total. The highest BCUT2D eigenvalue weighted by molar-refractivity contribution is 7.47. The maximum absolute atomic E-state index is 13.1. The number of carbonyl (C=O) groups is 4. The molecule has 0 spiro atoms. The van der Waals surface area contributed by atoms with Gasteiger partial charge in [0.2, 0.25) is 0 Å². The highest BCUT2D eigenvalue weighted by atomic mass is 31.2. The van der Waals surface area contributed by atoms with Gasteiger partial charge in [-0.3, -0.25) is 37.3 Å². The highest BCUT2D eigenvalue weighted by Gasteiger charge is 2.30. The smallest absolute Gasteiger partial charge is 0.462 e. The molecular formula is C77H150O17P2. The molecule has 0 aromatic heterocycles. The summed E-state index contributed by atoms with van der Waals surface area (Å²) in [7, 11) is -9.91. The van der Waals surface area contributed by atoms with Crippen LogP contribution in [0.25, 0.3) is 0 Å². The van der Waals surface area contributed by atoms with Gasteiger partial charge in [0, 0.05) is 25.7 Å². The van der Waals surface area contributed by atoms with Crippen LogP contribution in [0.15, 0.2) is 0 Å². The molecule has 0 aliphatic rings. The Labute approximate surface area is 588 Å². The minimum absolute atomic E-state index is 0.106. The van der Waals surface area contributed by atoms with Gasteiger partial charge in [-0.15, -0.1) is 0 Å². The second-order valence-electron chi connectivity index (χ2n) is 28.9. The Bertz CT molecular complexity index is 1870. The molecule has 6 atom stereocenters. The predicted molar refractivity (Wildman–Crippen MR) is 391 cm³/mol. The Morgan fingerprint density at radius 2 is 0.531 bits per heavy atom. The van der Waals surface area contributed by atoms with Gasteiger partial charge in [0.15, 0.2) is 12.2 Å². The van der Waals surface area contributed by atoms with Crippen molar-refractivity contribution >= 4 is 39.5 Å². The number of hydrogen-bond donors (Lipinski definition) is 3. The molecule has 0 radical (unpaired) electrons. The lowest BCUT2D eigenvalue weighted by molar-refractivity contribution is -0.161. The Hall–Kier alpha value is -1.94. The second kappa shape index (κ2) is 67.5. The number of phosphoric acid groups is 2. The summed E-state index contributed by atoms with van der Waals surface area (Å²) in [5.41, 5.74) is 0. The molecule has 0 aliphatic heterocycles. The zero-order valence-electron chi connectivity index (χ0n) is 62.8. The number of aliphatic hydroxyl groups is 1. The summed E-state index contributed by atoms with van der Waals surface area (Å²) in [5, 5.41) is 10.6. The van der Waals surface area contributed by atoms with Crippen LogP contribution in [-0.4, -0.2) is 96.7 Å². The van der Waals surface area contributed by atoms with E-state index < -0.39 is 97.5 Å². The van der Waals surface area contributed by atoms with E-state index in [1.807, 2.05) is 0 Å². The van der Waals surface area contributed by atoms with Gasteiger partial charge in [-0.25, -0.2) is 9.13 Å². The van der Waals surface area contributed by atoms with E-state index in [0.717, 1.165) is 108 Å². The lowest BCUT2D eigenvalue weighted by Crippen LogP contribution is -2.30. The van der Waals surface area contributed by atoms with Crippen molar-refractivity contribution in [3.8, 4) is 0 Å². The van der Waals surface area contributed by atoms with Crippen LogP contribution in [0.2, 0.25) is 0 Å². The number of ether oxygens (including phenoxy) is 4. The van der Waals surface area contributed by atoms with E-state index in [4.69, 9.17) is 37.0 Å². The molecular weight excluding hydrogens is 1260 g/mol. The standard InChI is InChI=1S/C77H150O17P2/c1-8-10-11-12-13-14-23-31-38-46-53-60-76(81)94-73(65-88-75(80)59-52-45-40-33-35-42-49-56-69(5)6)67-92-96(85,86)90-63-71(78)62-89-95(83,84)91-66-72(64-87-74(79)58-51-44-37-30-27-26-29-36-43-50-57-70(7)9-2)93-77(82)61-54-47-39-32-25-22-20-18-16-15-17-19-21-24-28-34-41-48-55-68(3)4/h68-73,78H,8-67H2,1-7H3,(H,83,84)(H,85,86)/t70?,71-,72-,73-/m1/s1. The summed E-state index contributed by atoms with van der Waals surface area (Å²) in [5.74, 6) is 0.218. The van der Waals surface area contributed by atoms with Crippen LogP contribution in [0.4, 0.5) is 0 Å². The van der Waals surface area contributed by atoms with Crippen LogP contribution >= 0.6 is 15.6 Å². The summed E-state index contributed by atoms with van der Waals surface area (Å²) in [6.07, 6.45) is 54.2. The van der Waals surface area contributed by atoms with Gasteiger partial charge in [0.1, 0.15) is 19.3 Å². The normalized spacial score (nSPS) is 14.3. The fourth-order valence-corrected chi connectivity index (χ4v) is 13.3. The molecule has 0 saturated carbocycles. The number of phosphoric ester groups is 2. The molecule has 0 aromatic carbocycles. The zero-order valence-corrected chi connectivity index (χ0v) is 64.6. The SMILES string of the molecule is CCCCCCCCCCCCCC(=O)O[C@H](COC(=O)CCCCCCCCCC(C)C)COP(=O)(O)OC[C@H](O)COP(=O)(O)OC[C@@H](COC(=O)CCCCCCCCCCCCC(C)CC)OC(=O)CCCCCCCCCCCCCCCCCCCCC(C)C. The summed E-state index contributed by atoms with van der Waals surface area (Å²) < 4.78 is 68.5. The summed E-state index contributed by atoms with van der Waals surface area (Å²) >= 11 is 0. The lowest BCUT2D eigenvalue weighted by atomic mass is 9.99. The van der Waals surface area contributed by atoms with Gasteiger partial charge in [-0.2, -0.15) is 0 Å². The van der Waals surface area contributed by atoms with E-state index in [0.29, 0.717) is 31.6 Å². The van der Waals surface area contributed by atoms with Gasteiger partial charge in [0.05, 0.1) is 26.4 Å². The molecule has 3 unspecified atom stereocenters. The molecule has 19 heteroatoms. The van der Waals surface area contributed by atoms with Crippen molar-refractivity contribution in [2.24, 2.45) is 17.8 Å². The molecule has 96 heavy (non-hydrogen) atoms. The maximum atomic E-state index is 13.1. The molecule has 0 aromatic rings. The second-order valence-corrected chi connectivity index (χ2v) is 31.8. The van der Waals surface area contributed by atoms with Gasteiger partial charge < -0.3 is 33.8 Å². The third kappa shape index (κ3) is 69.2. The fourth-order valence-electron chi connectivity index (χ4n) is 11.7. The monoisotopic (exact) mass is 1410 g/mol. The van der Waals surface area contributed by atoms with Crippen LogP contribution in [0.3, 0.4) is 0 Å². The van der Waals surface area contributed by atoms with Crippen molar-refractivity contribution in [1.82, 2.24) is 0 Å². The molecule has 0 amide bonds. The van der Waals surface area contributed by atoms with Gasteiger partial charge >= 0.3 is 39.5 Å². The molecule has 0 heterocycles. The van der Waals surface area contributed by atoms with E-state index in [2.05, 4.69) is 48.5 Å². The molecule has 0 saturated heterocycles. The number of carbonyl (C=O) groups excluding carboxylic acids is 4. The first-order chi connectivity index (χ1) is 46.3. The summed E-state index contributed by atoms with van der Waals surface area (Å²) in [4.78, 5) is 72.8. The third-order valence-corrected chi connectivity index (χ3v) is 20.1. The number of rotatable bonds is 75. The van der Waals surface area contributed by atoms with E-state index in [1.165, 1.54) is 199 Å². The van der Waals surface area contributed by atoms with Crippen LogP contribution < -0.4 is 0 Å². The van der Waals surface area contributed by atoms with Crippen molar-refractivity contribution in [1.29, 1.82) is 0 Å². The zero-order chi connectivity index (χ0) is 70.9. The van der Waals surface area contributed by atoms with Gasteiger partial charge in [0.25, 0.3) is 0 Å². The Balaban J connectivity index is 5.21. The van der Waals surface area contributed by atoms with Crippen LogP contribution in [0, 0.1) is 17.8 Å². The van der Waals surface area contributed by atoms with Crippen molar-refractivity contribution in [3.05, 3.63) is 0 Å². The van der Waals surface area contributed by atoms with Crippen molar-refractivity contribution < 1.29 is 80.2 Å². The van der Waals surface area contributed by atoms with Crippen LogP contribution in [-0.2, 0) is 65.4 Å². The Morgan fingerprint density at radius 1 is 0.302 bits per heavy atom. The molecule has 0 rings (SSSR count). The van der Waals surface area contributed by atoms with E-state index in [-0.39, 0.29) is 25.7 Å². The van der Waals surface area contributed by atoms with Crippen LogP contribution in [0.1, 0.15) is 395 Å². The Kier molecular flexibility index (Phi) is 66.2. The predicted octanol–water partition coefficient (Wildman–Crippen LogP) is 22.6. The largest absolute Gasteiger partial charge is 0.472 e. The lowest BCUT2D eigenvalue weighted by Gasteiger charge is -2.21. The maximum Gasteiger partial charge on any atom is 0.472 e. The quantitative estimate of drug-likeness (QED) is 0.0222. The first-order valence-corrected chi connectivity index (χ1v) is 42.9. The number of esters is 4. The van der Waals surface area contributed by atoms with Crippen LogP contribution in [0.5, 0.6) is 0 Å². The minimum Gasteiger partial charge on any atom is -0.462 e. The average molecular weight is 1410 g/mol. The number of aliphatic hydroxyl groups excluding tert-OH is 1. The van der Waals surface area contributed by atoms with Gasteiger partial charge in [-0.05, 0) is 43.4 Å². The number of hydrogen-bond acceptors (Lipinski definition) is 15. The summed E-state index contributed by atoms with van der Waals surface area (Å²) in [6.45, 7) is 11.9. The molecule has 0 fully saturated rings. The summed E-state index contributed by atoms with van der Waals surface area (Å²) in [6, 6.07) is 0. The molecule has 0 aliphatic carbocycles. The van der Waals surface area contributed by atoms with E-state index in [9.17, 15) is 43.2 Å². The Morgan fingerprint density at radius 3 is 0.792 bits per heavy atom. The first kappa shape index (κ1) is 94.1. The number of unbranched alkanes of at least 4 members (excludes halogenated alkanes) is 42. The minimum atomic E-state index is -4.96. The fraction of sp³-hybridized carbons (Fsp3) is 0.948.